The van der Waals surface area contributed by atoms with Crippen molar-refractivity contribution in [2.24, 2.45) is 0 Å². The summed E-state index contributed by atoms with van der Waals surface area (Å²) in [6, 6.07) is 14.2. The molecule has 0 spiro atoms. The van der Waals surface area contributed by atoms with Crippen LogP contribution in [0.15, 0.2) is 59.5 Å². The summed E-state index contributed by atoms with van der Waals surface area (Å²) in [5.41, 5.74) is 2.66. The van der Waals surface area contributed by atoms with E-state index in [1.807, 2.05) is 12.1 Å². The van der Waals surface area contributed by atoms with Gasteiger partial charge in [-0.25, -0.2) is 8.42 Å². The number of benzene rings is 2. The van der Waals surface area contributed by atoms with E-state index in [1.165, 1.54) is 43.2 Å². The van der Waals surface area contributed by atoms with Gasteiger partial charge in [-0.3, -0.25) is 4.79 Å². The first kappa shape index (κ1) is 18.4. The van der Waals surface area contributed by atoms with E-state index < -0.39 is 9.84 Å². The minimum absolute atomic E-state index is 0.148. The molecule has 2 aromatic carbocycles. The van der Waals surface area contributed by atoms with Crippen LogP contribution in [0.2, 0.25) is 0 Å². The second-order valence-electron chi connectivity index (χ2n) is 6.63. The molecular formula is C21H23NO3S. The number of anilines is 1. The number of sulfone groups is 1. The van der Waals surface area contributed by atoms with E-state index in [1.54, 1.807) is 18.2 Å². The van der Waals surface area contributed by atoms with Gasteiger partial charge < -0.3 is 4.90 Å². The zero-order valence-electron chi connectivity index (χ0n) is 14.9. The van der Waals surface area contributed by atoms with Crippen LogP contribution in [0.5, 0.6) is 0 Å². The predicted molar refractivity (Wildman–Crippen MR) is 105 cm³/mol. The van der Waals surface area contributed by atoms with Crippen LogP contribution in [-0.4, -0.2) is 33.5 Å². The second-order valence-corrected chi connectivity index (χ2v) is 8.65. The molecule has 0 aromatic heterocycles. The van der Waals surface area contributed by atoms with Crippen molar-refractivity contribution < 1.29 is 13.2 Å². The number of allylic oxidation sites excluding steroid dienone is 1. The number of ketones is 1. The fourth-order valence-electron chi connectivity index (χ4n) is 3.08. The lowest BCUT2D eigenvalue weighted by atomic mass is 10.1. The molecule has 26 heavy (non-hydrogen) atoms. The smallest absolute Gasteiger partial charge is 0.185 e. The monoisotopic (exact) mass is 369 g/mol. The van der Waals surface area contributed by atoms with Gasteiger partial charge in [0.05, 0.1) is 4.90 Å². The van der Waals surface area contributed by atoms with Gasteiger partial charge in [0.1, 0.15) is 0 Å². The van der Waals surface area contributed by atoms with Crippen molar-refractivity contribution in [3.8, 4) is 0 Å². The first-order valence-corrected chi connectivity index (χ1v) is 10.7. The molecule has 4 nitrogen and oxygen atoms in total. The normalized spacial score (nSPS) is 15.3. The third-order valence-electron chi connectivity index (χ3n) is 4.61. The van der Waals surface area contributed by atoms with Gasteiger partial charge in [-0.1, -0.05) is 18.2 Å². The van der Waals surface area contributed by atoms with Gasteiger partial charge in [-0.15, -0.1) is 0 Å². The van der Waals surface area contributed by atoms with Crippen LogP contribution in [0.3, 0.4) is 0 Å². The lowest BCUT2D eigenvalue weighted by molar-refractivity contribution is 0.104. The van der Waals surface area contributed by atoms with Crippen LogP contribution in [0, 0.1) is 0 Å². The lowest BCUT2D eigenvalue weighted by Crippen LogP contribution is -2.29. The van der Waals surface area contributed by atoms with Gasteiger partial charge >= 0.3 is 0 Å². The van der Waals surface area contributed by atoms with E-state index in [0.717, 1.165) is 24.9 Å². The minimum atomic E-state index is -3.25. The van der Waals surface area contributed by atoms with E-state index in [2.05, 4.69) is 17.0 Å². The molecule has 136 valence electrons. The van der Waals surface area contributed by atoms with Crippen LogP contribution in [0.1, 0.15) is 35.2 Å². The van der Waals surface area contributed by atoms with Crippen molar-refractivity contribution in [2.75, 3.05) is 24.2 Å². The molecule has 1 aliphatic rings. The Morgan fingerprint density at radius 2 is 1.54 bits per heavy atom. The van der Waals surface area contributed by atoms with Crippen molar-refractivity contribution in [1.29, 1.82) is 0 Å². The number of piperidine rings is 1. The highest BCUT2D eigenvalue weighted by atomic mass is 32.2. The maximum Gasteiger partial charge on any atom is 0.185 e. The van der Waals surface area contributed by atoms with E-state index in [0.29, 0.717) is 5.56 Å². The summed E-state index contributed by atoms with van der Waals surface area (Å²) in [4.78, 5) is 14.9. The first-order valence-electron chi connectivity index (χ1n) is 8.81. The average molecular weight is 369 g/mol. The number of carbonyl (C=O) groups is 1. The van der Waals surface area contributed by atoms with Gasteiger partial charge in [0, 0.05) is 30.6 Å². The third kappa shape index (κ3) is 4.61. The van der Waals surface area contributed by atoms with Crippen LogP contribution in [-0.2, 0) is 9.84 Å². The average Bonchev–Trinajstić information content (AvgIpc) is 2.66. The Hall–Kier alpha value is -2.40. The molecule has 0 aliphatic carbocycles. The Bertz CT molecular complexity index is 891. The van der Waals surface area contributed by atoms with Crippen LogP contribution < -0.4 is 4.90 Å². The molecule has 3 rings (SSSR count). The van der Waals surface area contributed by atoms with Gasteiger partial charge in [0.15, 0.2) is 15.6 Å². The molecule has 0 unspecified atom stereocenters. The summed E-state index contributed by atoms with van der Waals surface area (Å²) in [5, 5.41) is 0. The van der Waals surface area contributed by atoms with Gasteiger partial charge in [0.25, 0.3) is 0 Å². The molecule has 0 radical (unpaired) electrons. The molecule has 1 heterocycles. The molecule has 0 amide bonds. The fraction of sp³-hybridized carbons (Fsp3) is 0.286. The van der Waals surface area contributed by atoms with Crippen molar-refractivity contribution >= 4 is 27.4 Å². The maximum absolute atomic E-state index is 12.2. The molecule has 1 saturated heterocycles. The highest BCUT2D eigenvalue weighted by molar-refractivity contribution is 7.90. The van der Waals surface area contributed by atoms with Crippen LogP contribution in [0.4, 0.5) is 5.69 Å². The van der Waals surface area contributed by atoms with E-state index in [4.69, 9.17) is 0 Å². The number of rotatable bonds is 5. The Balaban J connectivity index is 1.66. The Kier molecular flexibility index (Phi) is 5.57. The van der Waals surface area contributed by atoms with Crippen LogP contribution in [0.25, 0.3) is 6.08 Å². The lowest BCUT2D eigenvalue weighted by Gasteiger charge is -2.28. The second kappa shape index (κ2) is 7.87. The standard InChI is InChI=1S/C21H23NO3S/c1-26(24,25)20-12-8-18(9-13-20)21(23)14-7-17-5-10-19(11-6-17)22-15-3-2-4-16-22/h5-14H,2-4,15-16H2,1H3/b14-7+. The number of hydrogen-bond acceptors (Lipinski definition) is 4. The van der Waals surface area contributed by atoms with Crippen molar-refractivity contribution in [3.05, 3.63) is 65.7 Å². The summed E-state index contributed by atoms with van der Waals surface area (Å²) in [6.07, 6.45) is 8.25. The number of carbonyl (C=O) groups excluding carboxylic acids is 1. The fourth-order valence-corrected chi connectivity index (χ4v) is 3.71. The molecule has 0 N–H and O–H groups in total. The van der Waals surface area contributed by atoms with Gasteiger partial charge in [0.2, 0.25) is 0 Å². The summed E-state index contributed by atoms with van der Waals surface area (Å²) < 4.78 is 22.9. The Morgan fingerprint density at radius 1 is 0.923 bits per heavy atom. The molecule has 1 aliphatic heterocycles. The largest absolute Gasteiger partial charge is 0.372 e. The Labute approximate surface area is 155 Å². The summed E-state index contributed by atoms with van der Waals surface area (Å²) >= 11 is 0. The molecule has 0 saturated carbocycles. The quantitative estimate of drug-likeness (QED) is 0.591. The predicted octanol–water partition coefficient (Wildman–Crippen LogP) is 3.98. The van der Waals surface area contributed by atoms with E-state index >= 15 is 0 Å². The highest BCUT2D eigenvalue weighted by Gasteiger charge is 2.10. The molecule has 1 fully saturated rings. The summed E-state index contributed by atoms with van der Waals surface area (Å²) in [6.45, 7) is 2.22. The van der Waals surface area contributed by atoms with E-state index in [-0.39, 0.29) is 10.7 Å². The number of hydrogen-bond donors (Lipinski definition) is 0. The number of nitrogens with zero attached hydrogens (tertiary/aromatic N) is 1. The molecule has 0 bridgehead atoms. The first-order chi connectivity index (χ1) is 12.4. The van der Waals surface area contributed by atoms with Crippen molar-refractivity contribution in [3.63, 3.8) is 0 Å². The van der Waals surface area contributed by atoms with Crippen LogP contribution >= 0.6 is 0 Å². The van der Waals surface area contributed by atoms with Crippen molar-refractivity contribution in [1.82, 2.24) is 0 Å². The summed E-state index contributed by atoms with van der Waals surface area (Å²) in [5.74, 6) is -0.148. The molecular weight excluding hydrogens is 346 g/mol. The Morgan fingerprint density at radius 3 is 2.12 bits per heavy atom. The summed E-state index contributed by atoms with van der Waals surface area (Å²) in [7, 11) is -3.25. The maximum atomic E-state index is 12.2. The minimum Gasteiger partial charge on any atom is -0.372 e. The van der Waals surface area contributed by atoms with Gasteiger partial charge in [-0.05, 0) is 67.3 Å². The highest BCUT2D eigenvalue weighted by Crippen LogP contribution is 2.20. The third-order valence-corrected chi connectivity index (χ3v) is 5.74. The zero-order valence-corrected chi connectivity index (χ0v) is 15.7. The molecule has 5 heteroatoms. The molecule has 0 atom stereocenters. The van der Waals surface area contributed by atoms with Crippen molar-refractivity contribution in [2.45, 2.75) is 24.2 Å². The van der Waals surface area contributed by atoms with E-state index in [9.17, 15) is 13.2 Å². The zero-order chi connectivity index (χ0) is 18.6. The SMILES string of the molecule is CS(=O)(=O)c1ccc(C(=O)/C=C/c2ccc(N3CCCCC3)cc2)cc1. The van der Waals surface area contributed by atoms with Gasteiger partial charge in [-0.2, -0.15) is 0 Å². The topological polar surface area (TPSA) is 54.5 Å². The molecule has 2 aromatic rings.